The molecule has 4 aromatic rings. The normalized spacial score (nSPS) is 11.4. The summed E-state index contributed by atoms with van der Waals surface area (Å²) in [4.78, 5) is 19.4. The number of rotatable bonds is 2. The highest BCUT2D eigenvalue weighted by Gasteiger charge is 2.15. The van der Waals surface area contributed by atoms with Gasteiger partial charge >= 0.3 is 0 Å². The third-order valence-electron chi connectivity index (χ3n) is 3.38. The highest BCUT2D eigenvalue weighted by atomic mass is 79.9. The molecule has 1 N–H and O–H groups in total. The minimum Gasteiger partial charge on any atom is -0.321 e. The lowest BCUT2D eigenvalue weighted by Gasteiger charge is -2.05. The summed E-state index contributed by atoms with van der Waals surface area (Å²) in [5.74, 6) is -0.103. The lowest BCUT2D eigenvalue weighted by Crippen LogP contribution is -2.10. The monoisotopic (exact) mass is 391 g/mol. The Labute approximate surface area is 142 Å². The number of imidazole rings is 1. The number of anilines is 1. The fourth-order valence-electron chi connectivity index (χ4n) is 2.27. The van der Waals surface area contributed by atoms with Gasteiger partial charge in [0.25, 0.3) is 5.91 Å². The van der Waals surface area contributed by atoms with Crippen molar-refractivity contribution >= 4 is 65.5 Å². The predicted octanol–water partition coefficient (Wildman–Crippen LogP) is 4.93. The number of hydrogen-bond acceptors (Lipinski definition) is 4. The van der Waals surface area contributed by atoms with Crippen molar-refractivity contribution in [1.82, 2.24) is 9.38 Å². The van der Waals surface area contributed by atoms with E-state index in [0.717, 1.165) is 31.0 Å². The Morgan fingerprint density at radius 1 is 1.36 bits per heavy atom. The number of halogens is 1. The zero-order valence-electron chi connectivity index (χ0n) is 11.5. The Bertz CT molecular complexity index is 1010. The van der Waals surface area contributed by atoms with Crippen LogP contribution in [0, 0.1) is 6.92 Å². The van der Waals surface area contributed by atoms with Crippen LogP contribution in [0.5, 0.6) is 0 Å². The molecule has 1 aromatic carbocycles. The largest absolute Gasteiger partial charge is 0.321 e. The lowest BCUT2D eigenvalue weighted by molar-refractivity contribution is 0.103. The first-order valence-electron chi connectivity index (χ1n) is 6.54. The topological polar surface area (TPSA) is 46.4 Å². The van der Waals surface area contributed by atoms with Crippen LogP contribution in [0.4, 0.5) is 5.69 Å². The van der Waals surface area contributed by atoms with E-state index in [2.05, 4.69) is 26.2 Å². The van der Waals surface area contributed by atoms with E-state index in [1.807, 2.05) is 47.2 Å². The summed E-state index contributed by atoms with van der Waals surface area (Å²) in [5, 5.41) is 4.92. The van der Waals surface area contributed by atoms with Crippen LogP contribution in [0.3, 0.4) is 0 Å². The number of aromatic nitrogens is 2. The number of benzene rings is 1. The lowest BCUT2D eigenvalue weighted by atomic mass is 10.2. The fourth-order valence-corrected chi connectivity index (χ4v) is 4.22. The molecule has 0 radical (unpaired) electrons. The molecule has 3 aromatic heterocycles. The number of carbonyl (C=O) groups is 1. The highest BCUT2D eigenvalue weighted by molar-refractivity contribution is 9.10. The fraction of sp³-hybridized carbons (Fsp3) is 0.0667. The number of nitrogens with one attached hydrogen (secondary N) is 1. The predicted molar refractivity (Wildman–Crippen MR) is 95.3 cm³/mol. The molecule has 0 aliphatic rings. The van der Waals surface area contributed by atoms with Crippen molar-refractivity contribution in [2.24, 2.45) is 0 Å². The van der Waals surface area contributed by atoms with E-state index in [-0.39, 0.29) is 5.91 Å². The second-order valence-electron chi connectivity index (χ2n) is 4.89. The molecule has 110 valence electrons. The molecule has 4 nitrogen and oxygen atoms in total. The van der Waals surface area contributed by atoms with Crippen LogP contribution >= 0.6 is 38.6 Å². The molecule has 0 atom stereocenters. The van der Waals surface area contributed by atoms with Crippen molar-refractivity contribution in [2.45, 2.75) is 6.92 Å². The quantitative estimate of drug-likeness (QED) is 0.526. The van der Waals surface area contributed by atoms with Crippen LogP contribution in [-0.4, -0.2) is 15.3 Å². The molecule has 7 heteroatoms. The van der Waals surface area contributed by atoms with E-state index in [4.69, 9.17) is 0 Å². The average Bonchev–Trinajstić information content (AvgIpc) is 3.14. The molecule has 0 unspecified atom stereocenters. The standard InChI is InChI=1S/C15H10BrN3OS2/c1-8-6-9(2-3-10(8)16)17-13(20)12-7-11-14(22-12)18-15-19(11)4-5-21-15/h2-7H,1H3,(H,17,20). The molecule has 0 aliphatic heterocycles. The van der Waals surface area contributed by atoms with Gasteiger partial charge in [0.05, 0.1) is 10.4 Å². The molecule has 4 rings (SSSR count). The van der Waals surface area contributed by atoms with Gasteiger partial charge in [-0.05, 0) is 36.8 Å². The molecule has 0 spiro atoms. The highest BCUT2D eigenvalue weighted by Crippen LogP contribution is 2.29. The van der Waals surface area contributed by atoms with Gasteiger partial charge in [0.15, 0.2) is 4.96 Å². The van der Waals surface area contributed by atoms with E-state index in [1.165, 1.54) is 11.3 Å². The number of hydrogen-bond donors (Lipinski definition) is 1. The molecule has 0 aliphatic carbocycles. The van der Waals surface area contributed by atoms with Gasteiger partial charge in [-0.25, -0.2) is 4.98 Å². The maximum Gasteiger partial charge on any atom is 0.265 e. The molecular formula is C15H10BrN3OS2. The molecule has 0 bridgehead atoms. The number of aryl methyl sites for hydroxylation is 1. The molecule has 0 saturated carbocycles. The van der Waals surface area contributed by atoms with Crippen molar-refractivity contribution in [1.29, 1.82) is 0 Å². The second-order valence-corrected chi connectivity index (χ2v) is 7.64. The molecule has 1 amide bonds. The molecule has 22 heavy (non-hydrogen) atoms. The summed E-state index contributed by atoms with van der Waals surface area (Å²) >= 11 is 6.46. The Hall–Kier alpha value is -1.70. The smallest absolute Gasteiger partial charge is 0.265 e. The summed E-state index contributed by atoms with van der Waals surface area (Å²) in [6.45, 7) is 1.99. The minimum atomic E-state index is -0.103. The second kappa shape index (κ2) is 5.19. The van der Waals surface area contributed by atoms with Crippen LogP contribution in [0.1, 0.15) is 15.2 Å². The van der Waals surface area contributed by atoms with Gasteiger partial charge in [0.1, 0.15) is 4.83 Å². The van der Waals surface area contributed by atoms with Gasteiger partial charge in [-0.1, -0.05) is 15.9 Å². The zero-order valence-corrected chi connectivity index (χ0v) is 14.7. The van der Waals surface area contributed by atoms with Gasteiger partial charge < -0.3 is 5.32 Å². The van der Waals surface area contributed by atoms with Crippen LogP contribution in [0.2, 0.25) is 0 Å². The van der Waals surface area contributed by atoms with Crippen LogP contribution in [-0.2, 0) is 0 Å². The third-order valence-corrected chi connectivity index (χ3v) is 6.04. The number of amides is 1. The van der Waals surface area contributed by atoms with Crippen molar-refractivity contribution in [3.05, 3.63) is 50.8 Å². The Kier molecular flexibility index (Phi) is 3.28. The van der Waals surface area contributed by atoms with Crippen molar-refractivity contribution in [2.75, 3.05) is 5.32 Å². The SMILES string of the molecule is Cc1cc(NC(=O)c2cc3c(nc4sccn43)s2)ccc1Br. The summed E-state index contributed by atoms with van der Waals surface area (Å²) < 4.78 is 3.04. The van der Waals surface area contributed by atoms with E-state index >= 15 is 0 Å². The van der Waals surface area contributed by atoms with Gasteiger partial charge in [0, 0.05) is 21.7 Å². The first-order chi connectivity index (χ1) is 10.6. The van der Waals surface area contributed by atoms with E-state index in [1.54, 1.807) is 11.3 Å². The summed E-state index contributed by atoms with van der Waals surface area (Å²) in [5.41, 5.74) is 2.86. The number of thiophene rings is 1. The van der Waals surface area contributed by atoms with E-state index < -0.39 is 0 Å². The minimum absolute atomic E-state index is 0.103. The maximum absolute atomic E-state index is 12.4. The Morgan fingerprint density at radius 3 is 3.05 bits per heavy atom. The first-order valence-corrected chi connectivity index (χ1v) is 9.03. The first kappa shape index (κ1) is 13.9. The van der Waals surface area contributed by atoms with Crippen LogP contribution in [0.15, 0.2) is 40.3 Å². The average molecular weight is 392 g/mol. The summed E-state index contributed by atoms with van der Waals surface area (Å²) in [6.07, 6.45) is 1.97. The van der Waals surface area contributed by atoms with Crippen molar-refractivity contribution in [3.8, 4) is 0 Å². The van der Waals surface area contributed by atoms with Gasteiger partial charge in [-0.2, -0.15) is 0 Å². The Balaban J connectivity index is 1.66. The molecule has 0 saturated heterocycles. The molecular weight excluding hydrogens is 382 g/mol. The Morgan fingerprint density at radius 2 is 2.23 bits per heavy atom. The van der Waals surface area contributed by atoms with Crippen molar-refractivity contribution < 1.29 is 4.79 Å². The van der Waals surface area contributed by atoms with E-state index in [0.29, 0.717) is 4.88 Å². The van der Waals surface area contributed by atoms with Crippen molar-refractivity contribution in [3.63, 3.8) is 0 Å². The molecule has 0 fully saturated rings. The zero-order chi connectivity index (χ0) is 15.3. The van der Waals surface area contributed by atoms with Gasteiger partial charge in [-0.3, -0.25) is 9.20 Å². The number of nitrogens with zero attached hydrogens (tertiary/aromatic N) is 2. The number of carbonyl (C=O) groups excluding carboxylic acids is 1. The van der Waals surface area contributed by atoms with Crippen LogP contribution < -0.4 is 5.32 Å². The maximum atomic E-state index is 12.4. The number of fused-ring (bicyclic) bond motifs is 3. The van der Waals surface area contributed by atoms with E-state index in [9.17, 15) is 4.79 Å². The van der Waals surface area contributed by atoms with Gasteiger partial charge in [-0.15, -0.1) is 22.7 Å². The third kappa shape index (κ3) is 2.25. The molecule has 3 heterocycles. The number of thiazole rings is 1. The van der Waals surface area contributed by atoms with Gasteiger partial charge in [0.2, 0.25) is 0 Å². The summed E-state index contributed by atoms with van der Waals surface area (Å²) in [7, 11) is 0. The van der Waals surface area contributed by atoms with Crippen LogP contribution in [0.25, 0.3) is 15.3 Å². The summed E-state index contributed by atoms with van der Waals surface area (Å²) in [6, 6.07) is 7.65.